The average molecular weight is 643 g/mol. The summed E-state index contributed by atoms with van der Waals surface area (Å²) in [4.78, 5) is 42.8. The van der Waals surface area contributed by atoms with Crippen molar-refractivity contribution in [3.05, 3.63) is 100 Å². The third-order valence-electron chi connectivity index (χ3n) is 10.5. The van der Waals surface area contributed by atoms with Crippen LogP contribution in [0.3, 0.4) is 0 Å². The van der Waals surface area contributed by atoms with Gasteiger partial charge in [-0.2, -0.15) is 0 Å². The number of carbonyl (C=O) groups is 3. The zero-order valence-electron chi connectivity index (χ0n) is 26.5. The molecule has 3 atom stereocenters. The molecule has 2 saturated heterocycles. The van der Waals surface area contributed by atoms with Crippen LogP contribution in [-0.2, 0) is 32.0 Å². The van der Waals surface area contributed by atoms with Gasteiger partial charge >= 0.3 is 0 Å². The summed E-state index contributed by atoms with van der Waals surface area (Å²) in [6.45, 7) is 3.17. The molecule has 0 aromatic heterocycles. The maximum atomic E-state index is 14.3. The molecule has 3 aliphatic heterocycles. The molecular formula is C37H40F2N4O4. The Bertz CT molecular complexity index is 1690. The van der Waals surface area contributed by atoms with E-state index < -0.39 is 34.5 Å². The number of anilines is 1. The van der Waals surface area contributed by atoms with Crippen LogP contribution in [0.25, 0.3) is 0 Å². The van der Waals surface area contributed by atoms with E-state index >= 15 is 0 Å². The van der Waals surface area contributed by atoms with E-state index in [2.05, 4.69) is 35.0 Å². The van der Waals surface area contributed by atoms with E-state index in [4.69, 9.17) is 4.74 Å². The maximum absolute atomic E-state index is 14.3. The Hall–Kier alpha value is -4.15. The molecule has 2 aromatic rings. The Balaban J connectivity index is 1.12. The molecule has 3 unspecified atom stereocenters. The maximum Gasteiger partial charge on any atom is 0.244 e. The molecule has 5 aliphatic rings. The molecule has 3 N–H and O–H groups in total. The SMILES string of the molecule is CCC1C=CC=CC2=C1NC(=O)C21Cc2ccc(NC(=O)CN3C(=O)C4(CCCOCCC4)NCC3c3cc(F)cc(F)c3)cc2C1. The molecule has 2 aromatic carbocycles. The van der Waals surface area contributed by atoms with Crippen molar-refractivity contribution < 1.29 is 27.9 Å². The van der Waals surface area contributed by atoms with Gasteiger partial charge in [0, 0.05) is 43.1 Å². The van der Waals surface area contributed by atoms with Gasteiger partial charge < -0.3 is 25.6 Å². The second-order valence-electron chi connectivity index (χ2n) is 13.4. The second-order valence-corrected chi connectivity index (χ2v) is 13.4. The number of piperazine rings is 1. The topological polar surface area (TPSA) is 99.8 Å². The number of allylic oxidation sites excluding steroid dienone is 4. The predicted molar refractivity (Wildman–Crippen MR) is 173 cm³/mol. The molecule has 3 amide bonds. The Morgan fingerprint density at radius 3 is 2.51 bits per heavy atom. The number of benzene rings is 2. The van der Waals surface area contributed by atoms with E-state index in [1.807, 2.05) is 30.4 Å². The number of rotatable bonds is 5. The van der Waals surface area contributed by atoms with Crippen molar-refractivity contribution >= 4 is 23.4 Å². The monoisotopic (exact) mass is 642 g/mol. The fraction of sp³-hybridized carbons (Fsp3) is 0.432. The van der Waals surface area contributed by atoms with Crippen molar-refractivity contribution in [2.75, 3.05) is 31.6 Å². The standard InChI is InChI=1S/C37H40F2N4O4/c1-2-23-7-3-4-8-30-33(23)42-34(45)36(30)19-24-9-10-29(17-26(24)20-36)41-32(44)22-43-31(25-15-27(38)18-28(39)16-25)21-40-37(35(43)46)11-5-13-47-14-6-12-37/h3-4,7-10,15-18,23,31,40H,2,5-6,11-14,19-22H2,1H3,(H,41,44)(H,42,45). The van der Waals surface area contributed by atoms with Crippen LogP contribution in [0.4, 0.5) is 14.5 Å². The average Bonchev–Trinajstić information content (AvgIpc) is 3.44. The first-order valence-electron chi connectivity index (χ1n) is 16.6. The minimum atomic E-state index is -0.873. The smallest absolute Gasteiger partial charge is 0.244 e. The van der Waals surface area contributed by atoms with E-state index in [1.165, 1.54) is 17.0 Å². The van der Waals surface area contributed by atoms with E-state index in [9.17, 15) is 23.2 Å². The molecule has 246 valence electrons. The Morgan fingerprint density at radius 2 is 1.77 bits per heavy atom. The summed E-state index contributed by atoms with van der Waals surface area (Å²) in [6.07, 6.45) is 12.6. The number of hydrogen-bond donors (Lipinski definition) is 3. The normalized spacial score (nSPS) is 26.6. The third-order valence-corrected chi connectivity index (χ3v) is 10.5. The largest absolute Gasteiger partial charge is 0.381 e. The molecule has 8 nitrogen and oxygen atoms in total. The number of nitrogens with one attached hydrogen (secondary N) is 3. The number of halogens is 2. The number of carbonyl (C=O) groups excluding carboxylic acids is 3. The van der Waals surface area contributed by atoms with Gasteiger partial charge in [0.15, 0.2) is 0 Å². The van der Waals surface area contributed by atoms with Crippen molar-refractivity contribution in [2.45, 2.75) is 63.5 Å². The second kappa shape index (κ2) is 12.5. The number of hydrogen-bond acceptors (Lipinski definition) is 5. The van der Waals surface area contributed by atoms with Gasteiger partial charge in [0.1, 0.15) is 18.2 Å². The van der Waals surface area contributed by atoms with Crippen LogP contribution in [0.2, 0.25) is 0 Å². The van der Waals surface area contributed by atoms with Crippen molar-refractivity contribution in [1.82, 2.24) is 15.5 Å². The zero-order chi connectivity index (χ0) is 32.8. The fourth-order valence-electron chi connectivity index (χ4n) is 8.19. The van der Waals surface area contributed by atoms with Gasteiger partial charge in [-0.1, -0.05) is 37.3 Å². The molecule has 0 radical (unpaired) electrons. The van der Waals surface area contributed by atoms with E-state index in [-0.39, 0.29) is 30.8 Å². The van der Waals surface area contributed by atoms with Gasteiger partial charge in [0.2, 0.25) is 17.7 Å². The van der Waals surface area contributed by atoms with Crippen molar-refractivity contribution in [3.8, 4) is 0 Å². The lowest BCUT2D eigenvalue weighted by atomic mass is 9.77. The molecular weight excluding hydrogens is 602 g/mol. The van der Waals surface area contributed by atoms with Gasteiger partial charge in [0.05, 0.1) is 17.0 Å². The molecule has 10 heteroatoms. The van der Waals surface area contributed by atoms with Crippen molar-refractivity contribution in [3.63, 3.8) is 0 Å². The molecule has 2 aliphatic carbocycles. The van der Waals surface area contributed by atoms with Crippen LogP contribution in [0.5, 0.6) is 0 Å². The molecule has 3 heterocycles. The molecule has 2 spiro atoms. The highest BCUT2D eigenvalue weighted by atomic mass is 19.1. The first kappa shape index (κ1) is 31.4. The van der Waals surface area contributed by atoms with Crippen LogP contribution >= 0.6 is 0 Å². The summed E-state index contributed by atoms with van der Waals surface area (Å²) in [5.41, 5.74) is 3.37. The first-order valence-corrected chi connectivity index (χ1v) is 16.6. The van der Waals surface area contributed by atoms with Gasteiger partial charge in [0.25, 0.3) is 0 Å². The predicted octanol–water partition coefficient (Wildman–Crippen LogP) is 5.03. The van der Waals surface area contributed by atoms with Gasteiger partial charge in [-0.25, -0.2) is 8.78 Å². The molecule has 2 fully saturated rings. The quantitative estimate of drug-likeness (QED) is 0.425. The summed E-state index contributed by atoms with van der Waals surface area (Å²) in [7, 11) is 0. The van der Waals surface area contributed by atoms with Crippen molar-refractivity contribution in [2.24, 2.45) is 11.3 Å². The lowest BCUT2D eigenvalue weighted by Gasteiger charge is -2.47. The number of fused-ring (bicyclic) bond motifs is 2. The zero-order valence-corrected chi connectivity index (χ0v) is 26.5. The lowest BCUT2D eigenvalue weighted by molar-refractivity contribution is -0.149. The number of ether oxygens (including phenoxy) is 1. The van der Waals surface area contributed by atoms with Crippen LogP contribution in [0.15, 0.2) is 72.0 Å². The van der Waals surface area contributed by atoms with Gasteiger partial charge in [-0.3, -0.25) is 14.4 Å². The lowest BCUT2D eigenvalue weighted by Crippen LogP contribution is -2.66. The van der Waals surface area contributed by atoms with E-state index in [0.717, 1.165) is 34.9 Å². The summed E-state index contributed by atoms with van der Waals surface area (Å²) in [6, 6.07) is 8.20. The van der Waals surface area contributed by atoms with E-state index in [0.29, 0.717) is 63.0 Å². The minimum Gasteiger partial charge on any atom is -0.381 e. The summed E-state index contributed by atoms with van der Waals surface area (Å²) >= 11 is 0. The molecule has 7 rings (SSSR count). The van der Waals surface area contributed by atoms with E-state index in [1.54, 1.807) is 0 Å². The Labute approximate surface area is 273 Å². The summed E-state index contributed by atoms with van der Waals surface area (Å²) in [5.74, 6) is -1.98. The Kier molecular flexibility index (Phi) is 8.34. The highest BCUT2D eigenvalue weighted by Gasteiger charge is 2.52. The Morgan fingerprint density at radius 1 is 1.02 bits per heavy atom. The highest BCUT2D eigenvalue weighted by molar-refractivity contribution is 5.97. The number of amides is 3. The number of nitrogens with zero attached hydrogens (tertiary/aromatic N) is 1. The third kappa shape index (κ3) is 5.71. The van der Waals surface area contributed by atoms with Crippen LogP contribution < -0.4 is 16.0 Å². The van der Waals surface area contributed by atoms with Crippen molar-refractivity contribution in [1.29, 1.82) is 0 Å². The van der Waals surface area contributed by atoms with Gasteiger partial charge in [-0.15, -0.1) is 0 Å². The summed E-state index contributed by atoms with van der Waals surface area (Å²) < 4.78 is 34.2. The molecule has 0 saturated carbocycles. The van der Waals surface area contributed by atoms with Gasteiger partial charge in [-0.05, 0) is 91.5 Å². The fourth-order valence-corrected chi connectivity index (χ4v) is 8.19. The van der Waals surface area contributed by atoms with Crippen LogP contribution in [0, 0.1) is 23.0 Å². The minimum absolute atomic E-state index is 0.00874. The van der Waals surface area contributed by atoms with Crippen LogP contribution in [0.1, 0.15) is 61.8 Å². The van der Waals surface area contributed by atoms with Crippen LogP contribution in [-0.4, -0.2) is 54.5 Å². The first-order chi connectivity index (χ1) is 22.7. The highest BCUT2D eigenvalue weighted by Crippen LogP contribution is 2.50. The molecule has 47 heavy (non-hydrogen) atoms. The molecule has 0 bridgehead atoms. The summed E-state index contributed by atoms with van der Waals surface area (Å²) in [5, 5.41) is 9.56.